The van der Waals surface area contributed by atoms with E-state index in [1.807, 2.05) is 60.7 Å². The maximum atomic E-state index is 6.49. The van der Waals surface area contributed by atoms with E-state index >= 15 is 0 Å². The predicted molar refractivity (Wildman–Crippen MR) is 148 cm³/mol. The SMILES string of the molecule is Clc1cc(OCc2nnc3sc(-c4ccccc4)nn23)ccc1OCc1nnc2sc(-c3ccccc3)nn12. The number of hydrogen-bond donors (Lipinski definition) is 0. The van der Waals surface area contributed by atoms with Crippen molar-refractivity contribution in [3.8, 4) is 32.6 Å². The van der Waals surface area contributed by atoms with E-state index in [4.69, 9.17) is 21.1 Å². The Kier molecular flexibility index (Phi) is 6.11. The van der Waals surface area contributed by atoms with Gasteiger partial charge >= 0.3 is 0 Å². The average Bonchev–Trinajstić information content (AvgIpc) is 3.74. The normalized spacial score (nSPS) is 11.4. The summed E-state index contributed by atoms with van der Waals surface area (Å²) in [6, 6.07) is 25.1. The number of halogens is 1. The quantitative estimate of drug-likeness (QED) is 0.224. The second-order valence-electron chi connectivity index (χ2n) is 8.34. The Morgan fingerprint density at radius 1 is 0.641 bits per heavy atom. The van der Waals surface area contributed by atoms with Gasteiger partial charge in [-0.25, -0.2) is 0 Å². The van der Waals surface area contributed by atoms with Crippen LogP contribution in [0.4, 0.5) is 0 Å². The molecule has 0 aliphatic rings. The van der Waals surface area contributed by atoms with Crippen molar-refractivity contribution in [2.24, 2.45) is 0 Å². The summed E-state index contributed by atoms with van der Waals surface area (Å²) in [6.07, 6.45) is 0. The van der Waals surface area contributed by atoms with Crippen LogP contribution >= 0.6 is 34.3 Å². The molecule has 0 saturated carbocycles. The molecule has 4 heterocycles. The molecule has 10 nitrogen and oxygen atoms in total. The van der Waals surface area contributed by atoms with Crippen molar-refractivity contribution in [2.45, 2.75) is 13.2 Å². The summed E-state index contributed by atoms with van der Waals surface area (Å²) >= 11 is 9.43. The minimum atomic E-state index is 0.157. The molecule has 0 N–H and O–H groups in total. The van der Waals surface area contributed by atoms with Gasteiger partial charge in [0.15, 0.2) is 11.6 Å². The van der Waals surface area contributed by atoms with E-state index in [-0.39, 0.29) is 13.2 Å². The van der Waals surface area contributed by atoms with E-state index in [1.54, 1.807) is 27.2 Å². The standard InChI is InChI=1S/C26H17ClN8O2S2/c27-19-13-18(36-14-21-28-30-25-34(21)32-23(38-25)16-7-3-1-4-8-16)11-12-20(19)37-15-22-29-31-26-35(22)33-24(39-26)17-9-5-2-6-10-17/h1-13H,14-15H2. The zero-order valence-electron chi connectivity index (χ0n) is 20.0. The molecule has 7 aromatic rings. The Bertz CT molecular complexity index is 1900. The lowest BCUT2D eigenvalue weighted by Crippen LogP contribution is -2.04. The number of ether oxygens (including phenoxy) is 2. The molecule has 4 aromatic heterocycles. The Morgan fingerprint density at radius 3 is 1.72 bits per heavy atom. The molecule has 3 aromatic carbocycles. The topological polar surface area (TPSA) is 105 Å². The van der Waals surface area contributed by atoms with Crippen LogP contribution in [0.1, 0.15) is 11.6 Å². The monoisotopic (exact) mass is 572 g/mol. The summed E-state index contributed by atoms with van der Waals surface area (Å²) in [5.74, 6) is 2.23. The highest BCUT2D eigenvalue weighted by molar-refractivity contribution is 7.20. The van der Waals surface area contributed by atoms with Crippen molar-refractivity contribution in [3.05, 3.63) is 95.5 Å². The van der Waals surface area contributed by atoms with Crippen molar-refractivity contribution < 1.29 is 9.47 Å². The minimum Gasteiger partial charge on any atom is -0.485 e. The lowest BCUT2D eigenvalue weighted by atomic mass is 10.2. The third-order valence-corrected chi connectivity index (χ3v) is 7.97. The van der Waals surface area contributed by atoms with E-state index in [0.717, 1.165) is 21.1 Å². The van der Waals surface area contributed by atoms with E-state index in [9.17, 15) is 0 Å². The van der Waals surface area contributed by atoms with E-state index in [2.05, 4.69) is 30.6 Å². The van der Waals surface area contributed by atoms with Crippen LogP contribution in [0.5, 0.6) is 11.5 Å². The molecule has 13 heteroatoms. The van der Waals surface area contributed by atoms with Gasteiger partial charge in [0, 0.05) is 17.2 Å². The first kappa shape index (κ1) is 23.7. The fraction of sp³-hybridized carbons (Fsp3) is 0.0769. The molecule has 0 aliphatic carbocycles. The van der Waals surface area contributed by atoms with Crippen LogP contribution in [0.3, 0.4) is 0 Å². The Morgan fingerprint density at radius 2 is 1.18 bits per heavy atom. The number of aromatic nitrogens is 8. The predicted octanol–water partition coefficient (Wildman–Crippen LogP) is 5.83. The average molecular weight is 573 g/mol. The Balaban J connectivity index is 1.02. The maximum Gasteiger partial charge on any atom is 0.235 e. The van der Waals surface area contributed by atoms with Crippen molar-refractivity contribution in [1.82, 2.24) is 39.6 Å². The van der Waals surface area contributed by atoms with Gasteiger partial charge in [-0.1, -0.05) is 94.9 Å². The fourth-order valence-corrected chi connectivity index (χ4v) is 5.82. The fourth-order valence-electron chi connectivity index (χ4n) is 3.87. The lowest BCUT2D eigenvalue weighted by Gasteiger charge is -2.09. The molecule has 0 fully saturated rings. The van der Waals surface area contributed by atoms with Gasteiger partial charge in [0.05, 0.1) is 5.02 Å². The number of rotatable bonds is 8. The Labute approximate surface area is 234 Å². The van der Waals surface area contributed by atoms with Crippen molar-refractivity contribution in [1.29, 1.82) is 0 Å². The van der Waals surface area contributed by atoms with Crippen molar-refractivity contribution in [3.63, 3.8) is 0 Å². The molecule has 0 bridgehead atoms. The van der Waals surface area contributed by atoms with Crippen LogP contribution in [0.15, 0.2) is 78.9 Å². The highest BCUT2D eigenvalue weighted by Gasteiger charge is 2.16. The highest BCUT2D eigenvalue weighted by atomic mass is 35.5. The smallest absolute Gasteiger partial charge is 0.235 e. The molecule has 0 aliphatic heterocycles. The van der Waals surface area contributed by atoms with Gasteiger partial charge in [0.25, 0.3) is 0 Å². The van der Waals surface area contributed by atoms with Crippen LogP contribution in [-0.2, 0) is 13.2 Å². The molecule has 0 amide bonds. The minimum absolute atomic E-state index is 0.157. The van der Waals surface area contributed by atoms with Gasteiger partial charge in [0.1, 0.15) is 34.7 Å². The van der Waals surface area contributed by atoms with E-state index in [1.165, 1.54) is 22.7 Å². The number of nitrogens with zero attached hydrogens (tertiary/aromatic N) is 8. The molecular weight excluding hydrogens is 556 g/mol. The van der Waals surface area contributed by atoms with Gasteiger partial charge < -0.3 is 9.47 Å². The summed E-state index contributed by atoms with van der Waals surface area (Å²) < 4.78 is 15.3. The first-order valence-electron chi connectivity index (χ1n) is 11.8. The molecule has 7 rings (SSSR count). The lowest BCUT2D eigenvalue weighted by molar-refractivity contribution is 0.284. The summed E-state index contributed by atoms with van der Waals surface area (Å²) in [5.41, 5.74) is 2.05. The first-order chi connectivity index (χ1) is 19.2. The van der Waals surface area contributed by atoms with E-state index < -0.39 is 0 Å². The second-order valence-corrected chi connectivity index (χ2v) is 10.7. The summed E-state index contributed by atoms with van der Waals surface area (Å²) in [6.45, 7) is 0.339. The molecule has 192 valence electrons. The van der Waals surface area contributed by atoms with Crippen LogP contribution in [0.25, 0.3) is 31.1 Å². The van der Waals surface area contributed by atoms with Crippen molar-refractivity contribution >= 4 is 44.2 Å². The van der Waals surface area contributed by atoms with Gasteiger partial charge in [0.2, 0.25) is 9.92 Å². The van der Waals surface area contributed by atoms with Gasteiger partial charge in [-0.05, 0) is 12.1 Å². The zero-order chi connectivity index (χ0) is 26.2. The van der Waals surface area contributed by atoms with Crippen LogP contribution in [0.2, 0.25) is 5.02 Å². The number of hydrogen-bond acceptors (Lipinski definition) is 10. The van der Waals surface area contributed by atoms with Gasteiger partial charge in [-0.15, -0.1) is 20.4 Å². The third kappa shape index (κ3) is 4.69. The Hall–Kier alpha value is -4.39. The maximum absolute atomic E-state index is 6.49. The molecular formula is C26H17ClN8O2S2. The highest BCUT2D eigenvalue weighted by Crippen LogP contribution is 2.31. The zero-order valence-corrected chi connectivity index (χ0v) is 22.4. The van der Waals surface area contributed by atoms with Crippen LogP contribution in [-0.4, -0.2) is 39.6 Å². The first-order valence-corrected chi connectivity index (χ1v) is 13.8. The van der Waals surface area contributed by atoms with E-state index in [0.29, 0.717) is 38.1 Å². The van der Waals surface area contributed by atoms with Crippen molar-refractivity contribution in [2.75, 3.05) is 0 Å². The molecule has 0 unspecified atom stereocenters. The molecule has 0 saturated heterocycles. The molecule has 39 heavy (non-hydrogen) atoms. The summed E-state index contributed by atoms with van der Waals surface area (Å²) in [7, 11) is 0. The van der Waals surface area contributed by atoms with Gasteiger partial charge in [-0.3, -0.25) is 0 Å². The van der Waals surface area contributed by atoms with Crippen LogP contribution < -0.4 is 9.47 Å². The number of fused-ring (bicyclic) bond motifs is 2. The molecule has 0 atom stereocenters. The summed E-state index contributed by atoms with van der Waals surface area (Å²) in [5, 5.41) is 28.3. The second kappa shape index (κ2) is 10.1. The largest absolute Gasteiger partial charge is 0.485 e. The summed E-state index contributed by atoms with van der Waals surface area (Å²) in [4.78, 5) is 1.40. The third-order valence-electron chi connectivity index (χ3n) is 5.78. The molecule has 0 spiro atoms. The van der Waals surface area contributed by atoms with Crippen LogP contribution in [0, 0.1) is 0 Å². The molecule has 0 radical (unpaired) electrons. The number of benzene rings is 3. The van der Waals surface area contributed by atoms with Gasteiger partial charge in [-0.2, -0.15) is 19.2 Å².